The summed E-state index contributed by atoms with van der Waals surface area (Å²) in [5.74, 6) is -0.439. The fraction of sp³-hybridized carbons (Fsp3) is 0.357. The maximum absolute atomic E-state index is 12.3. The van der Waals surface area contributed by atoms with Gasteiger partial charge in [0.25, 0.3) is 5.91 Å². The van der Waals surface area contributed by atoms with Gasteiger partial charge in [0.1, 0.15) is 5.75 Å². The molecule has 1 atom stereocenters. The summed E-state index contributed by atoms with van der Waals surface area (Å²) in [7, 11) is 1.42. The number of ether oxygens (including phenoxy) is 2. The minimum atomic E-state index is -1.26. The van der Waals surface area contributed by atoms with E-state index in [1.54, 1.807) is 12.1 Å². The van der Waals surface area contributed by atoms with Gasteiger partial charge in [-0.1, -0.05) is 18.5 Å². The van der Waals surface area contributed by atoms with Crippen molar-refractivity contribution >= 4 is 29.6 Å². The average molecular weight is 327 g/mol. The van der Waals surface area contributed by atoms with Crippen LogP contribution in [0.25, 0.3) is 0 Å². The summed E-state index contributed by atoms with van der Waals surface area (Å²) in [5.41, 5.74) is 0.291. The number of rotatable bonds is 4. The molecular formula is C14H15ClN2O5. The van der Waals surface area contributed by atoms with Gasteiger partial charge in [-0.25, -0.2) is 9.59 Å². The molecule has 1 fully saturated rings. The van der Waals surface area contributed by atoms with E-state index in [-0.39, 0.29) is 0 Å². The van der Waals surface area contributed by atoms with Crippen molar-refractivity contribution in [3.8, 4) is 5.75 Å². The van der Waals surface area contributed by atoms with Crippen molar-refractivity contribution in [1.82, 2.24) is 10.2 Å². The Morgan fingerprint density at radius 3 is 2.82 bits per heavy atom. The number of benzene rings is 1. The third-order valence-corrected chi connectivity index (χ3v) is 3.28. The molecule has 0 saturated carbocycles. The topological polar surface area (TPSA) is 84.9 Å². The first-order valence-corrected chi connectivity index (χ1v) is 7.03. The van der Waals surface area contributed by atoms with E-state index >= 15 is 0 Å². The lowest BCUT2D eigenvalue weighted by molar-refractivity contribution is -0.128. The number of halogens is 1. The summed E-state index contributed by atoms with van der Waals surface area (Å²) in [4.78, 5) is 36.4. The maximum atomic E-state index is 12.3. The Kier molecular flexibility index (Phi) is 4.87. The van der Waals surface area contributed by atoms with Gasteiger partial charge in [0, 0.05) is 17.1 Å². The van der Waals surface area contributed by atoms with Crippen molar-refractivity contribution < 1.29 is 23.9 Å². The lowest BCUT2D eigenvalue weighted by atomic mass is 10.1. The molecule has 0 aromatic heterocycles. The number of amides is 4. The third-order valence-electron chi connectivity index (χ3n) is 3.05. The molecule has 1 heterocycles. The molecule has 0 aliphatic carbocycles. The summed E-state index contributed by atoms with van der Waals surface area (Å²) in [6.45, 7) is 2.20. The number of nitrogens with one attached hydrogen (secondary N) is 1. The highest BCUT2D eigenvalue weighted by atomic mass is 35.5. The Bertz CT molecular complexity index is 619. The Hall–Kier alpha value is -2.28. The first-order chi connectivity index (χ1) is 10.5. The molecule has 0 bridgehead atoms. The second kappa shape index (κ2) is 6.65. The van der Waals surface area contributed by atoms with Crippen LogP contribution in [0.4, 0.5) is 9.59 Å². The fourth-order valence-corrected chi connectivity index (χ4v) is 2.19. The minimum absolute atomic E-state index is 0.291. The van der Waals surface area contributed by atoms with Gasteiger partial charge in [0.2, 0.25) is 6.10 Å². The Morgan fingerprint density at radius 1 is 1.45 bits per heavy atom. The monoisotopic (exact) mass is 326 g/mol. The van der Waals surface area contributed by atoms with E-state index in [1.165, 1.54) is 13.2 Å². The quantitative estimate of drug-likeness (QED) is 0.918. The number of imide groups is 3. The molecule has 0 radical (unpaired) electrons. The minimum Gasteiger partial charge on any atom is -0.496 e. The number of cyclic esters (lactones) is 1. The molecule has 1 aromatic rings. The number of hydrogen-bond donors (Lipinski definition) is 1. The third kappa shape index (κ3) is 2.99. The van der Waals surface area contributed by atoms with Crippen molar-refractivity contribution in [3.63, 3.8) is 0 Å². The molecule has 1 aliphatic rings. The molecule has 1 aromatic carbocycles. The van der Waals surface area contributed by atoms with Gasteiger partial charge in [-0.05, 0) is 24.6 Å². The van der Waals surface area contributed by atoms with E-state index in [0.29, 0.717) is 34.2 Å². The fourth-order valence-electron chi connectivity index (χ4n) is 2.01. The molecule has 0 spiro atoms. The van der Waals surface area contributed by atoms with Crippen LogP contribution in [0.5, 0.6) is 5.75 Å². The molecule has 1 saturated heterocycles. The highest BCUT2D eigenvalue weighted by Crippen LogP contribution is 2.35. The first-order valence-electron chi connectivity index (χ1n) is 6.65. The average Bonchev–Trinajstić information content (AvgIpc) is 2.79. The Balaban J connectivity index is 2.28. The van der Waals surface area contributed by atoms with E-state index in [4.69, 9.17) is 21.1 Å². The maximum Gasteiger partial charge on any atom is 0.426 e. The van der Waals surface area contributed by atoms with Crippen LogP contribution in [-0.4, -0.2) is 36.6 Å². The Morgan fingerprint density at radius 2 is 2.18 bits per heavy atom. The molecule has 1 aliphatic heterocycles. The van der Waals surface area contributed by atoms with Crippen LogP contribution < -0.4 is 10.1 Å². The standard InChI is InChI=1S/C14H15ClN2O5/c1-3-6-16-13(19)17-12(18)11(22-14(17)20)9-7-8(15)4-5-10(9)21-2/h4-5,7,11H,3,6H2,1-2H3,(H,16,19). The molecule has 4 amide bonds. The number of hydrogen-bond acceptors (Lipinski definition) is 5. The van der Waals surface area contributed by atoms with Crippen molar-refractivity contribution in [2.45, 2.75) is 19.4 Å². The SMILES string of the molecule is CCCNC(=O)N1C(=O)OC(c2cc(Cl)ccc2OC)C1=O. The predicted octanol–water partition coefficient (Wildman–Crippen LogP) is 2.49. The van der Waals surface area contributed by atoms with Gasteiger partial charge in [0.05, 0.1) is 7.11 Å². The lowest BCUT2D eigenvalue weighted by Crippen LogP contribution is -2.43. The van der Waals surface area contributed by atoms with Gasteiger partial charge in [-0.15, -0.1) is 0 Å². The highest BCUT2D eigenvalue weighted by Gasteiger charge is 2.46. The molecule has 8 heteroatoms. The molecule has 7 nitrogen and oxygen atoms in total. The van der Waals surface area contributed by atoms with Crippen LogP contribution in [0.1, 0.15) is 25.0 Å². The van der Waals surface area contributed by atoms with Gasteiger partial charge in [0.15, 0.2) is 0 Å². The summed E-state index contributed by atoms with van der Waals surface area (Å²) >= 11 is 5.90. The van der Waals surface area contributed by atoms with Crippen molar-refractivity contribution in [2.24, 2.45) is 0 Å². The summed E-state index contributed by atoms with van der Waals surface area (Å²) in [6, 6.07) is 3.79. The van der Waals surface area contributed by atoms with Crippen LogP contribution >= 0.6 is 11.6 Å². The molecule has 1 N–H and O–H groups in total. The number of methoxy groups -OCH3 is 1. The van der Waals surface area contributed by atoms with Crippen molar-refractivity contribution in [2.75, 3.05) is 13.7 Å². The zero-order chi connectivity index (χ0) is 16.3. The second-order valence-electron chi connectivity index (χ2n) is 4.56. The first kappa shape index (κ1) is 16.1. The highest BCUT2D eigenvalue weighted by molar-refractivity contribution is 6.30. The van der Waals surface area contributed by atoms with Crippen LogP contribution in [0.2, 0.25) is 5.02 Å². The number of urea groups is 1. The van der Waals surface area contributed by atoms with E-state index in [0.717, 1.165) is 0 Å². The van der Waals surface area contributed by atoms with E-state index in [1.807, 2.05) is 6.92 Å². The second-order valence-corrected chi connectivity index (χ2v) is 4.99. The summed E-state index contributed by atoms with van der Waals surface area (Å²) < 4.78 is 10.1. The van der Waals surface area contributed by atoms with Crippen LogP contribution in [-0.2, 0) is 9.53 Å². The van der Waals surface area contributed by atoms with E-state index in [2.05, 4.69) is 5.32 Å². The number of nitrogens with zero attached hydrogens (tertiary/aromatic N) is 1. The van der Waals surface area contributed by atoms with E-state index in [9.17, 15) is 14.4 Å². The lowest BCUT2D eigenvalue weighted by Gasteiger charge is -2.13. The Labute approximate surface area is 132 Å². The molecule has 118 valence electrons. The normalized spacial score (nSPS) is 17.4. The number of carbonyl (C=O) groups excluding carboxylic acids is 3. The van der Waals surface area contributed by atoms with Crippen molar-refractivity contribution in [1.29, 1.82) is 0 Å². The van der Waals surface area contributed by atoms with Gasteiger partial charge < -0.3 is 14.8 Å². The predicted molar refractivity (Wildman–Crippen MR) is 77.8 cm³/mol. The van der Waals surface area contributed by atoms with Crippen LogP contribution in [0.15, 0.2) is 18.2 Å². The van der Waals surface area contributed by atoms with E-state index < -0.39 is 24.1 Å². The van der Waals surface area contributed by atoms with Crippen LogP contribution in [0, 0.1) is 0 Å². The largest absolute Gasteiger partial charge is 0.496 e. The van der Waals surface area contributed by atoms with Crippen molar-refractivity contribution in [3.05, 3.63) is 28.8 Å². The van der Waals surface area contributed by atoms with Gasteiger partial charge in [-0.3, -0.25) is 4.79 Å². The summed E-state index contributed by atoms with van der Waals surface area (Å²) in [6.07, 6.45) is -1.60. The van der Waals surface area contributed by atoms with Gasteiger partial charge >= 0.3 is 12.1 Å². The molecule has 1 unspecified atom stereocenters. The molecular weight excluding hydrogens is 312 g/mol. The zero-order valence-corrected chi connectivity index (χ0v) is 12.8. The number of carbonyl (C=O) groups is 3. The summed E-state index contributed by atoms with van der Waals surface area (Å²) in [5, 5.41) is 2.81. The smallest absolute Gasteiger partial charge is 0.426 e. The molecule has 22 heavy (non-hydrogen) atoms. The van der Waals surface area contributed by atoms with Gasteiger partial charge in [-0.2, -0.15) is 4.90 Å². The zero-order valence-electron chi connectivity index (χ0n) is 12.1. The van der Waals surface area contributed by atoms with Crippen LogP contribution in [0.3, 0.4) is 0 Å². The molecule has 2 rings (SSSR count).